The van der Waals surface area contributed by atoms with Crippen LogP contribution in [0.4, 0.5) is 5.69 Å². The first-order chi connectivity index (χ1) is 12.8. The molecule has 0 bridgehead atoms. The Balaban J connectivity index is 1.71. The van der Waals surface area contributed by atoms with Crippen molar-refractivity contribution in [1.82, 2.24) is 4.90 Å². The van der Waals surface area contributed by atoms with Gasteiger partial charge in [0.2, 0.25) is 0 Å². The fourth-order valence-electron chi connectivity index (χ4n) is 3.24. The van der Waals surface area contributed by atoms with E-state index in [1.54, 1.807) is 25.1 Å². The second-order valence-corrected chi connectivity index (χ2v) is 6.99. The largest absolute Gasteiger partial charge is 0.478 e. The number of carbonyl (C=O) groups excluding carboxylic acids is 2. The zero-order valence-electron chi connectivity index (χ0n) is 15.3. The van der Waals surface area contributed by atoms with Crippen LogP contribution in [-0.4, -0.2) is 40.9 Å². The van der Waals surface area contributed by atoms with Crippen LogP contribution in [-0.2, 0) is 0 Å². The van der Waals surface area contributed by atoms with Crippen molar-refractivity contribution in [3.05, 3.63) is 53.0 Å². The monoisotopic (exact) mass is 370 g/mol. The Morgan fingerprint density at radius 1 is 1.22 bits per heavy atom. The van der Waals surface area contributed by atoms with Gasteiger partial charge in [0.1, 0.15) is 6.26 Å². The molecule has 7 nitrogen and oxygen atoms in total. The number of aryl methyl sites for hydroxylation is 1. The average molecular weight is 370 g/mol. The number of aromatic carboxylic acids is 1. The molecule has 1 atom stereocenters. The third-order valence-electron chi connectivity index (χ3n) is 4.74. The van der Waals surface area contributed by atoms with Gasteiger partial charge < -0.3 is 19.7 Å². The minimum absolute atomic E-state index is 0.000314. The molecular formula is C20H22N2O5. The van der Waals surface area contributed by atoms with Gasteiger partial charge in [-0.1, -0.05) is 6.92 Å². The topological polar surface area (TPSA) is 99.9 Å². The van der Waals surface area contributed by atoms with E-state index in [0.717, 1.165) is 37.8 Å². The van der Waals surface area contributed by atoms with Gasteiger partial charge in [0.05, 0.1) is 5.56 Å². The Morgan fingerprint density at radius 2 is 2.00 bits per heavy atom. The number of hydrogen-bond acceptors (Lipinski definition) is 4. The van der Waals surface area contributed by atoms with Crippen LogP contribution in [0.3, 0.4) is 0 Å². The van der Waals surface area contributed by atoms with Gasteiger partial charge in [-0.2, -0.15) is 0 Å². The highest BCUT2D eigenvalue weighted by Crippen LogP contribution is 2.22. The Labute approximate surface area is 157 Å². The number of nitrogens with one attached hydrogen (secondary N) is 1. The lowest BCUT2D eigenvalue weighted by Crippen LogP contribution is -2.39. The molecule has 2 aromatic rings. The first-order valence-electron chi connectivity index (χ1n) is 8.88. The van der Waals surface area contributed by atoms with Crippen LogP contribution < -0.4 is 5.32 Å². The summed E-state index contributed by atoms with van der Waals surface area (Å²) in [5.74, 6) is -1.29. The van der Waals surface area contributed by atoms with Gasteiger partial charge in [-0.15, -0.1) is 0 Å². The predicted molar refractivity (Wildman–Crippen MR) is 99.1 cm³/mol. The first kappa shape index (κ1) is 18.7. The molecule has 0 saturated carbocycles. The number of piperidine rings is 1. The zero-order chi connectivity index (χ0) is 19.6. The summed E-state index contributed by atoms with van der Waals surface area (Å²) in [4.78, 5) is 37.7. The van der Waals surface area contributed by atoms with Gasteiger partial charge in [-0.25, -0.2) is 4.79 Å². The maximum absolute atomic E-state index is 12.7. The van der Waals surface area contributed by atoms with Crippen LogP contribution >= 0.6 is 0 Å². The lowest BCUT2D eigenvalue weighted by molar-refractivity contribution is 0.0679. The normalized spacial score (nSPS) is 16.8. The van der Waals surface area contributed by atoms with E-state index in [0.29, 0.717) is 17.2 Å². The van der Waals surface area contributed by atoms with E-state index < -0.39 is 11.9 Å². The molecule has 1 aromatic heterocycles. The highest BCUT2D eigenvalue weighted by atomic mass is 16.4. The fourth-order valence-corrected chi connectivity index (χ4v) is 3.24. The van der Waals surface area contributed by atoms with E-state index in [2.05, 4.69) is 12.2 Å². The van der Waals surface area contributed by atoms with E-state index in [1.165, 1.54) is 6.07 Å². The molecule has 0 radical (unpaired) electrons. The number of anilines is 1. The van der Waals surface area contributed by atoms with E-state index in [9.17, 15) is 14.4 Å². The summed E-state index contributed by atoms with van der Waals surface area (Å²) in [6.07, 6.45) is 3.18. The Kier molecular flexibility index (Phi) is 5.30. The number of likely N-dealkylation sites (tertiary alicyclic amines) is 1. The van der Waals surface area contributed by atoms with Gasteiger partial charge >= 0.3 is 5.97 Å². The quantitative estimate of drug-likeness (QED) is 0.859. The smallest absolute Gasteiger partial charge is 0.338 e. The summed E-state index contributed by atoms with van der Waals surface area (Å²) in [6.45, 7) is 5.48. The number of carbonyl (C=O) groups is 3. The first-order valence-corrected chi connectivity index (χ1v) is 8.88. The van der Waals surface area contributed by atoms with Gasteiger partial charge in [0, 0.05) is 30.4 Å². The number of amides is 2. The molecule has 1 aliphatic heterocycles. The van der Waals surface area contributed by atoms with E-state index >= 15 is 0 Å². The van der Waals surface area contributed by atoms with Crippen molar-refractivity contribution in [1.29, 1.82) is 0 Å². The maximum atomic E-state index is 12.7. The van der Waals surface area contributed by atoms with Gasteiger partial charge in [-0.05, 0) is 49.4 Å². The van der Waals surface area contributed by atoms with E-state index in [1.807, 2.05) is 4.90 Å². The van der Waals surface area contributed by atoms with Crippen LogP contribution in [0.25, 0.3) is 0 Å². The molecule has 3 rings (SSSR count). The van der Waals surface area contributed by atoms with Crippen molar-refractivity contribution in [3.8, 4) is 0 Å². The molecule has 0 spiro atoms. The summed E-state index contributed by atoms with van der Waals surface area (Å²) in [6, 6.07) is 6.29. The Hall–Kier alpha value is -3.09. The minimum atomic E-state index is -1.16. The van der Waals surface area contributed by atoms with Crippen LogP contribution in [0.2, 0.25) is 0 Å². The molecule has 0 aliphatic carbocycles. The molecule has 27 heavy (non-hydrogen) atoms. The Bertz CT molecular complexity index is 886. The summed E-state index contributed by atoms with van der Waals surface area (Å²) in [5, 5.41) is 11.6. The lowest BCUT2D eigenvalue weighted by Gasteiger charge is -2.31. The molecule has 1 saturated heterocycles. The molecule has 2 heterocycles. The van der Waals surface area contributed by atoms with Gasteiger partial charge in [-0.3, -0.25) is 9.59 Å². The lowest BCUT2D eigenvalue weighted by atomic mass is 9.99. The molecule has 1 unspecified atom stereocenters. The standard InChI is InChI=1S/C20H22N2O5/c1-12-4-3-7-22(10-12)19(24)14-5-6-16(13(2)8-14)21-18(23)17-9-15(11-27-17)20(25)26/h5-6,8-9,11-12H,3-4,7,10H2,1-2H3,(H,21,23)(H,25,26). The van der Waals surface area contributed by atoms with Gasteiger partial charge in [0.15, 0.2) is 5.76 Å². The molecule has 7 heteroatoms. The number of carboxylic acid groups (broad SMARTS) is 1. The molecule has 2 amide bonds. The molecule has 1 aliphatic rings. The molecule has 2 N–H and O–H groups in total. The Morgan fingerprint density at radius 3 is 2.63 bits per heavy atom. The summed E-state index contributed by atoms with van der Waals surface area (Å²) >= 11 is 0. The number of nitrogens with zero attached hydrogens (tertiary/aromatic N) is 1. The molecular weight excluding hydrogens is 348 g/mol. The van der Waals surface area contributed by atoms with Crippen molar-refractivity contribution in [3.63, 3.8) is 0 Å². The van der Waals surface area contributed by atoms with Crippen LogP contribution in [0.15, 0.2) is 34.9 Å². The highest BCUT2D eigenvalue weighted by molar-refractivity contribution is 6.04. The fraction of sp³-hybridized carbons (Fsp3) is 0.350. The number of carboxylic acids is 1. The van der Waals surface area contributed by atoms with Crippen molar-refractivity contribution in [2.75, 3.05) is 18.4 Å². The number of rotatable bonds is 4. The van der Waals surface area contributed by atoms with Crippen molar-refractivity contribution in [2.24, 2.45) is 5.92 Å². The van der Waals surface area contributed by atoms with E-state index in [4.69, 9.17) is 9.52 Å². The predicted octanol–water partition coefficient (Wildman–Crippen LogP) is 3.41. The summed E-state index contributed by atoms with van der Waals surface area (Å²) < 4.78 is 5.00. The molecule has 142 valence electrons. The molecule has 1 aromatic carbocycles. The number of benzene rings is 1. The third kappa shape index (κ3) is 4.19. The maximum Gasteiger partial charge on any atom is 0.338 e. The van der Waals surface area contributed by atoms with Crippen molar-refractivity contribution in [2.45, 2.75) is 26.7 Å². The van der Waals surface area contributed by atoms with Crippen molar-refractivity contribution >= 4 is 23.5 Å². The van der Waals surface area contributed by atoms with E-state index in [-0.39, 0.29) is 17.2 Å². The van der Waals surface area contributed by atoms with Crippen LogP contribution in [0, 0.1) is 12.8 Å². The second-order valence-electron chi connectivity index (χ2n) is 6.99. The third-order valence-corrected chi connectivity index (χ3v) is 4.74. The zero-order valence-corrected chi connectivity index (χ0v) is 15.3. The highest BCUT2D eigenvalue weighted by Gasteiger charge is 2.22. The van der Waals surface area contributed by atoms with Crippen molar-refractivity contribution < 1.29 is 23.9 Å². The summed E-state index contributed by atoms with van der Waals surface area (Å²) in [5.41, 5.74) is 1.78. The SMILES string of the molecule is Cc1cc(C(=O)N2CCCC(C)C2)ccc1NC(=O)c1cc(C(=O)O)co1. The average Bonchev–Trinajstić information content (AvgIpc) is 3.13. The summed E-state index contributed by atoms with van der Waals surface area (Å²) in [7, 11) is 0. The number of furan rings is 1. The minimum Gasteiger partial charge on any atom is -0.478 e. The van der Waals surface area contributed by atoms with Crippen LogP contribution in [0.1, 0.15) is 56.6 Å². The number of hydrogen-bond donors (Lipinski definition) is 2. The van der Waals surface area contributed by atoms with Crippen LogP contribution in [0.5, 0.6) is 0 Å². The molecule has 1 fully saturated rings. The van der Waals surface area contributed by atoms with Gasteiger partial charge in [0.25, 0.3) is 11.8 Å². The second kappa shape index (κ2) is 7.65.